The zero-order valence-electron chi connectivity index (χ0n) is 18.3. The van der Waals surface area contributed by atoms with Gasteiger partial charge in [-0.05, 0) is 49.6 Å². The molecular formula is C25H22ClF3N2O3. The monoisotopic (exact) mass is 490 g/mol. The van der Waals surface area contributed by atoms with Crippen molar-refractivity contribution in [1.29, 1.82) is 5.41 Å². The molecule has 1 heterocycles. The Bertz CT molecular complexity index is 1170. The molecule has 0 radical (unpaired) electrons. The number of allylic oxidation sites excluding steroid dienone is 2. The first-order chi connectivity index (χ1) is 16.1. The number of para-hydroxylation sites is 1. The number of benzene rings is 2. The fourth-order valence-corrected chi connectivity index (χ4v) is 4.86. The zero-order chi connectivity index (χ0) is 24.6. The van der Waals surface area contributed by atoms with Gasteiger partial charge in [0, 0.05) is 28.6 Å². The lowest BCUT2D eigenvalue weighted by atomic mass is 9.71. The second kappa shape index (κ2) is 9.25. The average Bonchev–Trinajstić information content (AvgIpc) is 2.78. The van der Waals surface area contributed by atoms with Gasteiger partial charge in [-0.25, -0.2) is 0 Å². The molecule has 0 fully saturated rings. The topological polar surface area (TPSA) is 70.5 Å². The first-order valence-corrected chi connectivity index (χ1v) is 11.3. The molecule has 0 aromatic heterocycles. The quantitative estimate of drug-likeness (QED) is 0.524. The van der Waals surface area contributed by atoms with Crippen molar-refractivity contribution in [3.05, 3.63) is 76.0 Å². The number of halogens is 4. The highest BCUT2D eigenvalue weighted by molar-refractivity contribution is 6.30. The van der Waals surface area contributed by atoms with E-state index in [1.54, 1.807) is 31.2 Å². The predicted molar refractivity (Wildman–Crippen MR) is 122 cm³/mol. The molecule has 2 unspecified atom stereocenters. The number of hydrogen-bond donors (Lipinski definition) is 1. The molecule has 0 amide bonds. The van der Waals surface area contributed by atoms with Crippen molar-refractivity contribution in [2.75, 3.05) is 11.5 Å². The molecule has 9 heteroatoms. The summed E-state index contributed by atoms with van der Waals surface area (Å²) < 4.78 is 46.9. The van der Waals surface area contributed by atoms with Crippen molar-refractivity contribution in [2.45, 2.75) is 38.3 Å². The molecule has 1 aliphatic carbocycles. The van der Waals surface area contributed by atoms with Gasteiger partial charge in [0.1, 0.15) is 11.8 Å². The lowest BCUT2D eigenvalue weighted by molar-refractivity contribution is -0.146. The average molecular weight is 491 g/mol. The van der Waals surface area contributed by atoms with Crippen LogP contribution in [0.4, 0.5) is 18.9 Å². The molecule has 1 N–H and O–H groups in total. The van der Waals surface area contributed by atoms with Gasteiger partial charge in [0.15, 0.2) is 5.78 Å². The van der Waals surface area contributed by atoms with Crippen molar-refractivity contribution < 1.29 is 27.5 Å². The van der Waals surface area contributed by atoms with Crippen LogP contribution in [-0.4, -0.2) is 24.2 Å². The summed E-state index contributed by atoms with van der Waals surface area (Å²) >= 11 is 6.03. The Morgan fingerprint density at radius 3 is 2.47 bits per heavy atom. The molecule has 2 aliphatic rings. The number of ether oxygens (including phenoxy) is 1. The van der Waals surface area contributed by atoms with Gasteiger partial charge in [-0.3, -0.25) is 15.0 Å². The normalized spacial score (nSPS) is 20.9. The number of ketones is 1. The van der Waals surface area contributed by atoms with Crippen LogP contribution < -0.4 is 4.90 Å². The molecule has 178 valence electrons. The van der Waals surface area contributed by atoms with E-state index in [9.17, 15) is 22.8 Å². The molecule has 5 nitrogen and oxygen atoms in total. The third kappa shape index (κ3) is 4.22. The Balaban J connectivity index is 2.00. The third-order valence-electron chi connectivity index (χ3n) is 6.10. The van der Waals surface area contributed by atoms with Crippen LogP contribution in [0.5, 0.6) is 0 Å². The number of amidine groups is 1. The van der Waals surface area contributed by atoms with Gasteiger partial charge < -0.3 is 9.64 Å². The summed E-state index contributed by atoms with van der Waals surface area (Å²) in [6, 6.07) is 11.4. The standard InChI is InChI=1S/C25H22ClF3N2O3/c1-2-34-24(33)22-20(14-10-12-15(26)13-11-14)21-18(8-5-9-19(21)32)31(23(22)30)17-7-4-3-6-16(17)25(27,28)29/h3-4,6-7,10-13,20,22,30H,2,5,8-9H2,1H3. The lowest BCUT2D eigenvalue weighted by Crippen LogP contribution is -2.49. The van der Waals surface area contributed by atoms with Crippen LogP contribution in [0.2, 0.25) is 5.02 Å². The number of rotatable bonds is 4. The summed E-state index contributed by atoms with van der Waals surface area (Å²) in [4.78, 5) is 27.5. The number of nitrogens with zero attached hydrogens (tertiary/aromatic N) is 1. The van der Waals surface area contributed by atoms with Crippen LogP contribution in [0.1, 0.15) is 43.2 Å². The highest BCUT2D eigenvalue weighted by Crippen LogP contribution is 2.49. The number of Topliss-reactive ketones (excluding diaryl/α,β-unsaturated/α-hetero) is 1. The number of carbonyl (C=O) groups is 2. The van der Waals surface area contributed by atoms with Crippen LogP contribution in [0.15, 0.2) is 59.8 Å². The summed E-state index contributed by atoms with van der Waals surface area (Å²) in [6.07, 6.45) is -3.74. The highest BCUT2D eigenvalue weighted by atomic mass is 35.5. The summed E-state index contributed by atoms with van der Waals surface area (Å²) in [7, 11) is 0. The number of anilines is 1. The van der Waals surface area contributed by atoms with E-state index in [4.69, 9.17) is 21.7 Å². The van der Waals surface area contributed by atoms with Crippen LogP contribution >= 0.6 is 11.6 Å². The van der Waals surface area contributed by atoms with Crippen LogP contribution in [0, 0.1) is 11.3 Å². The Kier molecular flexibility index (Phi) is 6.53. The predicted octanol–water partition coefficient (Wildman–Crippen LogP) is 6.13. The number of carbonyl (C=O) groups excluding carboxylic acids is 2. The fraction of sp³-hybridized carbons (Fsp3) is 0.320. The third-order valence-corrected chi connectivity index (χ3v) is 6.35. The first-order valence-electron chi connectivity index (χ1n) is 10.9. The van der Waals surface area contributed by atoms with E-state index in [1.165, 1.54) is 18.2 Å². The van der Waals surface area contributed by atoms with Gasteiger partial charge in [0.2, 0.25) is 0 Å². The van der Waals surface area contributed by atoms with Crippen molar-refractivity contribution >= 4 is 34.9 Å². The second-order valence-electron chi connectivity index (χ2n) is 8.13. The number of esters is 1. The zero-order valence-corrected chi connectivity index (χ0v) is 19.0. The molecule has 2 atom stereocenters. The van der Waals surface area contributed by atoms with Gasteiger partial charge >= 0.3 is 12.1 Å². The smallest absolute Gasteiger partial charge is 0.418 e. The molecule has 2 aromatic carbocycles. The Hall–Kier alpha value is -3.13. The minimum absolute atomic E-state index is 0.0228. The van der Waals surface area contributed by atoms with Crippen LogP contribution in [0.25, 0.3) is 0 Å². The van der Waals surface area contributed by atoms with Crippen molar-refractivity contribution in [3.8, 4) is 0 Å². The summed E-state index contributed by atoms with van der Waals surface area (Å²) in [6.45, 7) is 1.63. The van der Waals surface area contributed by atoms with E-state index in [-0.39, 0.29) is 35.9 Å². The van der Waals surface area contributed by atoms with Gasteiger partial charge in [-0.1, -0.05) is 35.9 Å². The van der Waals surface area contributed by atoms with E-state index in [1.807, 2.05) is 0 Å². The molecule has 0 bridgehead atoms. The Labute approximate surface area is 199 Å². The van der Waals surface area contributed by atoms with Crippen LogP contribution in [0.3, 0.4) is 0 Å². The van der Waals surface area contributed by atoms with E-state index in [2.05, 4.69) is 0 Å². The molecule has 0 saturated carbocycles. The molecule has 34 heavy (non-hydrogen) atoms. The minimum atomic E-state index is -4.69. The molecule has 1 aliphatic heterocycles. The highest BCUT2D eigenvalue weighted by Gasteiger charge is 2.49. The maximum absolute atomic E-state index is 13.9. The van der Waals surface area contributed by atoms with E-state index in [0.717, 1.165) is 11.0 Å². The van der Waals surface area contributed by atoms with Gasteiger partial charge in [-0.15, -0.1) is 0 Å². The maximum Gasteiger partial charge on any atom is 0.418 e. The van der Waals surface area contributed by atoms with Crippen LogP contribution in [-0.2, 0) is 20.5 Å². The Morgan fingerprint density at radius 1 is 1.15 bits per heavy atom. The molecule has 0 spiro atoms. The van der Waals surface area contributed by atoms with Crippen molar-refractivity contribution in [2.24, 2.45) is 5.92 Å². The molecular weight excluding hydrogens is 469 g/mol. The summed E-state index contributed by atoms with van der Waals surface area (Å²) in [5.74, 6) is -3.54. The fourth-order valence-electron chi connectivity index (χ4n) is 4.73. The van der Waals surface area contributed by atoms with E-state index < -0.39 is 29.5 Å². The molecule has 2 aromatic rings. The van der Waals surface area contributed by atoms with E-state index >= 15 is 0 Å². The minimum Gasteiger partial charge on any atom is -0.465 e. The number of hydrogen-bond acceptors (Lipinski definition) is 4. The van der Waals surface area contributed by atoms with E-state index in [0.29, 0.717) is 29.1 Å². The second-order valence-corrected chi connectivity index (χ2v) is 8.57. The number of alkyl halides is 3. The first kappa shape index (κ1) is 24.0. The van der Waals surface area contributed by atoms with Gasteiger partial charge in [0.05, 0.1) is 17.9 Å². The molecule has 4 rings (SSSR count). The Morgan fingerprint density at radius 2 is 1.82 bits per heavy atom. The lowest BCUT2D eigenvalue weighted by Gasteiger charge is -2.44. The largest absolute Gasteiger partial charge is 0.465 e. The van der Waals surface area contributed by atoms with Crippen molar-refractivity contribution in [3.63, 3.8) is 0 Å². The van der Waals surface area contributed by atoms with Gasteiger partial charge in [-0.2, -0.15) is 13.2 Å². The summed E-state index contributed by atoms with van der Waals surface area (Å²) in [5.41, 5.74) is -0.0972. The summed E-state index contributed by atoms with van der Waals surface area (Å²) in [5, 5.41) is 9.40. The van der Waals surface area contributed by atoms with Gasteiger partial charge in [0.25, 0.3) is 0 Å². The SMILES string of the molecule is CCOC(=O)C1C(=N)N(c2ccccc2C(F)(F)F)C2=C(C(=O)CCC2)C1c1ccc(Cl)cc1. The molecule has 0 saturated heterocycles. The maximum atomic E-state index is 13.9. The number of nitrogens with one attached hydrogen (secondary N) is 1. The van der Waals surface area contributed by atoms with Crippen molar-refractivity contribution in [1.82, 2.24) is 0 Å².